The third kappa shape index (κ3) is 3.51. The van der Waals surface area contributed by atoms with Gasteiger partial charge in [0.25, 0.3) is 5.91 Å². The maximum Gasteiger partial charge on any atom is 0.255 e. The summed E-state index contributed by atoms with van der Waals surface area (Å²) < 4.78 is 25.7. The van der Waals surface area contributed by atoms with Gasteiger partial charge in [0.05, 0.1) is 24.4 Å². The second kappa shape index (κ2) is 9.03. The molecule has 5 aliphatic carbocycles. The lowest BCUT2D eigenvalue weighted by Crippen LogP contribution is -2.69. The average molecular weight is 636 g/mol. The first kappa shape index (κ1) is 31.8. The van der Waals surface area contributed by atoms with E-state index in [9.17, 15) is 25.5 Å². The van der Waals surface area contributed by atoms with Gasteiger partial charge in [0, 0.05) is 11.3 Å². The second-order valence-corrected chi connectivity index (χ2v) is 18.5. The van der Waals surface area contributed by atoms with Crippen LogP contribution in [-0.2, 0) is 18.9 Å². The van der Waals surface area contributed by atoms with Gasteiger partial charge in [0.2, 0.25) is 0 Å². The van der Waals surface area contributed by atoms with Crippen LogP contribution in [0.15, 0.2) is 0 Å². The summed E-state index contributed by atoms with van der Waals surface area (Å²) in [5, 5.41) is 54.8. The molecule has 0 aromatic rings. The summed E-state index contributed by atoms with van der Waals surface area (Å²) >= 11 is 0. The van der Waals surface area contributed by atoms with E-state index >= 15 is 0 Å². The molecule has 7 N–H and O–H groups in total. The fourth-order valence-electron chi connectivity index (χ4n) is 14.0. The number of hydrogen-bond acceptors (Lipinski definition) is 10. The number of nitrogens with two attached hydrogens (primary N) is 1. The van der Waals surface area contributed by atoms with Crippen LogP contribution in [0.3, 0.4) is 0 Å². The molecule has 3 aliphatic heterocycles. The Labute approximate surface area is 267 Å². The molecule has 17 atom stereocenters. The van der Waals surface area contributed by atoms with Gasteiger partial charge in [-0.3, -0.25) is 5.73 Å². The molecule has 8 rings (SSSR count). The zero-order valence-corrected chi connectivity index (χ0v) is 28.2. The molecule has 256 valence electrons. The standard InChI is InChI=1S/C35H57NO9/c1-17-14-19-26(29(4,5)41)45-34(43-19)24(17)30(6)12-13-33-16-32(33)11-10-22(44-35(36)25(39)23(38)18(37)15-42-35)28(2,3)20(32)8-9-21(33)31(30,7)27(34)40/h17-27,37-41H,8-16,36H2,1-7H3. The highest BCUT2D eigenvalue weighted by atomic mass is 16.8. The maximum atomic E-state index is 12.7. The van der Waals surface area contributed by atoms with Gasteiger partial charge in [-0.25, -0.2) is 0 Å². The molecule has 8 aliphatic rings. The van der Waals surface area contributed by atoms with E-state index in [0.29, 0.717) is 17.8 Å². The Morgan fingerprint density at radius 1 is 0.889 bits per heavy atom. The number of aliphatic hydroxyl groups is 5. The number of hydrogen-bond donors (Lipinski definition) is 6. The van der Waals surface area contributed by atoms with E-state index < -0.39 is 53.2 Å². The van der Waals surface area contributed by atoms with Crippen LogP contribution in [0.25, 0.3) is 0 Å². The minimum atomic E-state index is -1.88. The quantitative estimate of drug-likeness (QED) is 0.201. The minimum Gasteiger partial charge on any atom is -0.388 e. The third-order valence-electron chi connectivity index (χ3n) is 16.1. The SMILES string of the molecule is CC1CC2OC3(OC2C(C)(C)O)C1C1(C)CCC24CC25CCC(OC2(N)OCC(O)C(O)C2O)C(C)(C)C5CCC4C1(C)C3O. The third-order valence-corrected chi connectivity index (χ3v) is 16.1. The van der Waals surface area contributed by atoms with Gasteiger partial charge in [-0.1, -0.05) is 34.6 Å². The van der Waals surface area contributed by atoms with Crippen molar-refractivity contribution in [3.63, 3.8) is 0 Å². The molecular formula is C35H57NO9. The number of fused-ring (bicyclic) bond motifs is 4. The Hall–Kier alpha value is -0.400. The van der Waals surface area contributed by atoms with Gasteiger partial charge >= 0.3 is 0 Å². The molecule has 0 aromatic heterocycles. The molecule has 10 heteroatoms. The second-order valence-electron chi connectivity index (χ2n) is 18.5. The van der Waals surface area contributed by atoms with E-state index in [-0.39, 0.29) is 46.4 Å². The summed E-state index contributed by atoms with van der Waals surface area (Å²) in [6.07, 6.45) is 1.86. The molecule has 5 saturated carbocycles. The van der Waals surface area contributed by atoms with E-state index in [1.165, 1.54) is 0 Å². The zero-order chi connectivity index (χ0) is 32.5. The van der Waals surface area contributed by atoms with E-state index in [2.05, 4.69) is 34.6 Å². The van der Waals surface area contributed by atoms with Gasteiger partial charge in [-0.15, -0.1) is 0 Å². The average Bonchev–Trinajstić information content (AvgIpc) is 3.47. The van der Waals surface area contributed by atoms with E-state index in [4.69, 9.17) is 24.7 Å². The zero-order valence-electron chi connectivity index (χ0n) is 28.2. The lowest BCUT2D eigenvalue weighted by molar-refractivity contribution is -0.364. The van der Waals surface area contributed by atoms with Gasteiger partial charge in [0.1, 0.15) is 24.4 Å². The Bertz CT molecular complexity index is 1260. The first-order valence-corrected chi connectivity index (χ1v) is 17.7. The van der Waals surface area contributed by atoms with Crippen LogP contribution < -0.4 is 5.73 Å². The molecule has 3 saturated heterocycles. The van der Waals surface area contributed by atoms with Crippen LogP contribution in [0.4, 0.5) is 0 Å². The van der Waals surface area contributed by atoms with Crippen LogP contribution in [0.5, 0.6) is 0 Å². The Morgan fingerprint density at radius 3 is 2.24 bits per heavy atom. The van der Waals surface area contributed by atoms with Crippen molar-refractivity contribution in [2.75, 3.05) is 6.61 Å². The molecule has 3 heterocycles. The van der Waals surface area contributed by atoms with Gasteiger partial charge in [0.15, 0.2) is 11.9 Å². The molecule has 0 aromatic carbocycles. The van der Waals surface area contributed by atoms with Crippen molar-refractivity contribution in [2.24, 2.45) is 56.5 Å². The molecule has 8 fully saturated rings. The molecule has 17 unspecified atom stereocenters. The van der Waals surface area contributed by atoms with Crippen molar-refractivity contribution in [1.82, 2.24) is 0 Å². The Balaban J connectivity index is 1.10. The molecule has 3 spiro atoms. The predicted molar refractivity (Wildman–Crippen MR) is 162 cm³/mol. The minimum absolute atomic E-state index is 0.0514. The normalized spacial score (nSPS) is 62.7. The highest BCUT2D eigenvalue weighted by molar-refractivity contribution is 5.34. The van der Waals surface area contributed by atoms with Crippen molar-refractivity contribution >= 4 is 0 Å². The Kier molecular flexibility index (Phi) is 6.39. The number of rotatable bonds is 3. The molecule has 45 heavy (non-hydrogen) atoms. The van der Waals surface area contributed by atoms with Gasteiger partial charge in [-0.2, -0.15) is 0 Å². The van der Waals surface area contributed by atoms with Crippen molar-refractivity contribution in [3.8, 4) is 0 Å². The molecular weight excluding hydrogens is 578 g/mol. The predicted octanol–water partition coefficient (Wildman–Crippen LogP) is 2.41. The summed E-state index contributed by atoms with van der Waals surface area (Å²) in [6, 6.07) is 0. The Morgan fingerprint density at radius 2 is 1.56 bits per heavy atom. The highest BCUT2D eigenvalue weighted by Crippen LogP contribution is 2.90. The van der Waals surface area contributed by atoms with Crippen LogP contribution in [0, 0.1) is 50.7 Å². The summed E-state index contributed by atoms with van der Waals surface area (Å²) in [6.45, 7) is 14.9. The smallest absolute Gasteiger partial charge is 0.255 e. The van der Waals surface area contributed by atoms with Crippen LogP contribution in [0.1, 0.15) is 99.8 Å². The lowest BCUT2D eigenvalue weighted by atomic mass is 9.41. The summed E-state index contributed by atoms with van der Waals surface area (Å²) in [5.41, 5.74) is 4.78. The fraction of sp³-hybridized carbons (Fsp3) is 1.00. The fourth-order valence-corrected chi connectivity index (χ4v) is 14.0. The summed E-state index contributed by atoms with van der Waals surface area (Å²) in [5.74, 6) is -1.93. The van der Waals surface area contributed by atoms with Crippen molar-refractivity contribution in [2.45, 2.75) is 160 Å². The molecule has 2 bridgehead atoms. The van der Waals surface area contributed by atoms with Gasteiger partial charge in [-0.05, 0) is 105 Å². The molecule has 0 amide bonds. The topological polar surface area (TPSA) is 164 Å². The van der Waals surface area contributed by atoms with Crippen LogP contribution >= 0.6 is 0 Å². The van der Waals surface area contributed by atoms with Crippen LogP contribution in [0.2, 0.25) is 0 Å². The van der Waals surface area contributed by atoms with Crippen molar-refractivity contribution in [3.05, 3.63) is 0 Å². The van der Waals surface area contributed by atoms with Crippen molar-refractivity contribution < 1.29 is 44.5 Å². The van der Waals surface area contributed by atoms with Gasteiger partial charge < -0.3 is 44.5 Å². The van der Waals surface area contributed by atoms with E-state index in [0.717, 1.165) is 51.4 Å². The highest BCUT2D eigenvalue weighted by Gasteiger charge is 2.88. The molecule has 10 nitrogen and oxygen atoms in total. The lowest BCUT2D eigenvalue weighted by Gasteiger charge is -2.63. The largest absolute Gasteiger partial charge is 0.388 e. The summed E-state index contributed by atoms with van der Waals surface area (Å²) in [7, 11) is 0. The van der Waals surface area contributed by atoms with E-state index in [1.54, 1.807) is 13.8 Å². The first-order chi connectivity index (χ1) is 20.8. The molecule has 0 radical (unpaired) electrons. The maximum absolute atomic E-state index is 12.7. The van der Waals surface area contributed by atoms with Crippen LogP contribution in [-0.4, -0.2) is 92.2 Å². The van der Waals surface area contributed by atoms with Crippen molar-refractivity contribution in [1.29, 1.82) is 0 Å². The monoisotopic (exact) mass is 635 g/mol. The van der Waals surface area contributed by atoms with E-state index in [1.807, 2.05) is 0 Å². The number of aliphatic hydroxyl groups excluding tert-OH is 4. The summed E-state index contributed by atoms with van der Waals surface area (Å²) in [4.78, 5) is 0. The first-order valence-electron chi connectivity index (χ1n) is 17.7. The number of ether oxygens (including phenoxy) is 4.